The second-order valence-corrected chi connectivity index (χ2v) is 7.90. The van der Waals surface area contributed by atoms with Gasteiger partial charge in [-0.1, -0.05) is 24.3 Å². The highest BCUT2D eigenvalue weighted by Crippen LogP contribution is 2.29. The highest BCUT2D eigenvalue weighted by Gasteiger charge is 2.32. The van der Waals surface area contributed by atoms with E-state index < -0.39 is 36.1 Å². The van der Waals surface area contributed by atoms with E-state index >= 15 is 0 Å². The van der Waals surface area contributed by atoms with Crippen LogP contribution in [0.4, 0.5) is 14.9 Å². The molecule has 1 aliphatic heterocycles. The number of nitrogens with one attached hydrogen (secondary N) is 2. The van der Waals surface area contributed by atoms with Crippen LogP contribution in [0, 0.1) is 5.82 Å². The van der Waals surface area contributed by atoms with Crippen molar-refractivity contribution in [1.82, 2.24) is 10.6 Å². The number of halogens is 1. The number of aliphatic hydroxyl groups is 1. The third-order valence-electron chi connectivity index (χ3n) is 5.27. The van der Waals surface area contributed by atoms with Crippen molar-refractivity contribution in [2.75, 3.05) is 18.0 Å². The van der Waals surface area contributed by atoms with Crippen LogP contribution < -0.4 is 21.3 Å². The maximum Gasteiger partial charge on any atom is 0.414 e. The number of ether oxygens (including phenoxy) is 1. The van der Waals surface area contributed by atoms with Crippen LogP contribution in [0.5, 0.6) is 0 Å². The first-order valence-corrected chi connectivity index (χ1v) is 10.5. The smallest absolute Gasteiger partial charge is 0.414 e. The summed E-state index contributed by atoms with van der Waals surface area (Å²) in [4.78, 5) is 36.3. The number of carbonyl (C=O) groups excluding carboxylic acids is 3. The molecular weight excluding hydrogens is 431 g/mol. The van der Waals surface area contributed by atoms with Crippen molar-refractivity contribution < 1.29 is 28.6 Å². The number of nitrogens with two attached hydrogens (primary N) is 1. The van der Waals surface area contributed by atoms with Crippen LogP contribution in [0.1, 0.15) is 19.4 Å². The van der Waals surface area contributed by atoms with Gasteiger partial charge in [0.05, 0.1) is 24.9 Å². The number of amides is 3. The second-order valence-electron chi connectivity index (χ2n) is 7.90. The van der Waals surface area contributed by atoms with Crippen molar-refractivity contribution in [2.24, 2.45) is 5.73 Å². The van der Waals surface area contributed by atoms with E-state index in [1.165, 1.54) is 24.8 Å². The Hall–Kier alpha value is -3.50. The van der Waals surface area contributed by atoms with E-state index in [0.29, 0.717) is 16.8 Å². The Morgan fingerprint density at radius 3 is 2.55 bits per heavy atom. The van der Waals surface area contributed by atoms with Gasteiger partial charge in [0.2, 0.25) is 11.8 Å². The molecule has 0 radical (unpaired) electrons. The zero-order chi connectivity index (χ0) is 24.1. The summed E-state index contributed by atoms with van der Waals surface area (Å²) in [5.41, 5.74) is 7.72. The molecule has 1 fully saturated rings. The van der Waals surface area contributed by atoms with Gasteiger partial charge in [0.25, 0.3) is 0 Å². The number of hydrogen-bond acceptors (Lipinski definition) is 6. The molecule has 10 heteroatoms. The van der Waals surface area contributed by atoms with E-state index in [1.54, 1.807) is 36.4 Å². The summed E-state index contributed by atoms with van der Waals surface area (Å²) in [6, 6.07) is 10.4. The second kappa shape index (κ2) is 10.4. The molecule has 3 atom stereocenters. The third kappa shape index (κ3) is 6.05. The quantitative estimate of drug-likeness (QED) is 0.471. The van der Waals surface area contributed by atoms with Gasteiger partial charge in [-0.2, -0.15) is 0 Å². The summed E-state index contributed by atoms with van der Waals surface area (Å²) >= 11 is 0. The van der Waals surface area contributed by atoms with Crippen LogP contribution in [-0.4, -0.2) is 54.4 Å². The van der Waals surface area contributed by atoms with E-state index in [4.69, 9.17) is 10.5 Å². The molecule has 1 aliphatic rings. The summed E-state index contributed by atoms with van der Waals surface area (Å²) in [5.74, 6) is -1.19. The minimum absolute atomic E-state index is 0.190. The summed E-state index contributed by atoms with van der Waals surface area (Å²) in [6.45, 7) is 3.43. The number of carbonyl (C=O) groups is 3. The number of benzene rings is 2. The minimum atomic E-state index is -1.01. The lowest BCUT2D eigenvalue weighted by Crippen LogP contribution is -2.46. The van der Waals surface area contributed by atoms with Crippen molar-refractivity contribution >= 4 is 23.6 Å². The van der Waals surface area contributed by atoms with E-state index in [2.05, 4.69) is 10.6 Å². The Kier molecular flexibility index (Phi) is 7.62. The van der Waals surface area contributed by atoms with Crippen LogP contribution in [0.2, 0.25) is 0 Å². The van der Waals surface area contributed by atoms with Gasteiger partial charge in [-0.25, -0.2) is 9.18 Å². The molecule has 176 valence electrons. The first-order chi connectivity index (χ1) is 15.7. The first-order valence-electron chi connectivity index (χ1n) is 10.5. The monoisotopic (exact) mass is 458 g/mol. The average Bonchev–Trinajstić information content (AvgIpc) is 3.16. The van der Waals surface area contributed by atoms with Gasteiger partial charge in [-0.3, -0.25) is 14.5 Å². The van der Waals surface area contributed by atoms with Crippen LogP contribution in [-0.2, 0) is 20.9 Å². The number of rotatable bonds is 8. The number of hydrogen-bond donors (Lipinski definition) is 4. The fourth-order valence-corrected chi connectivity index (χ4v) is 3.33. The van der Waals surface area contributed by atoms with E-state index in [-0.39, 0.29) is 25.5 Å². The number of aliphatic hydroxyl groups excluding tert-OH is 1. The molecule has 2 aromatic rings. The Morgan fingerprint density at radius 1 is 1.24 bits per heavy atom. The van der Waals surface area contributed by atoms with Crippen LogP contribution >= 0.6 is 0 Å². The van der Waals surface area contributed by atoms with Crippen molar-refractivity contribution in [2.45, 2.75) is 38.6 Å². The lowest BCUT2D eigenvalue weighted by Gasteiger charge is -2.15. The molecule has 9 nitrogen and oxygen atoms in total. The van der Waals surface area contributed by atoms with Crippen LogP contribution in [0.3, 0.4) is 0 Å². The lowest BCUT2D eigenvalue weighted by atomic mass is 10.0. The fraction of sp³-hybridized carbons (Fsp3) is 0.348. The first kappa shape index (κ1) is 24.1. The number of cyclic esters (lactones) is 1. The molecule has 0 unspecified atom stereocenters. The Labute approximate surface area is 190 Å². The molecule has 0 aliphatic carbocycles. The van der Waals surface area contributed by atoms with Gasteiger partial charge >= 0.3 is 6.09 Å². The van der Waals surface area contributed by atoms with Crippen LogP contribution in [0.25, 0.3) is 11.1 Å². The summed E-state index contributed by atoms with van der Waals surface area (Å²) in [7, 11) is 0. The SMILES string of the molecule is CC(=O)NC[C@H]1CN(c2ccc(-c3ccc(CNC(=O)[C@@H](N)[C@H](C)O)cc3)c(F)c2)C(=O)O1. The predicted octanol–water partition coefficient (Wildman–Crippen LogP) is 1.28. The number of nitrogens with zero attached hydrogens (tertiary/aromatic N) is 1. The summed E-state index contributed by atoms with van der Waals surface area (Å²) in [5, 5.41) is 14.6. The Balaban J connectivity index is 1.65. The number of anilines is 1. The summed E-state index contributed by atoms with van der Waals surface area (Å²) in [6.07, 6.45) is -2.06. The van der Waals surface area contributed by atoms with E-state index in [0.717, 1.165) is 5.56 Å². The van der Waals surface area contributed by atoms with Crippen LogP contribution in [0.15, 0.2) is 42.5 Å². The predicted molar refractivity (Wildman–Crippen MR) is 120 cm³/mol. The molecule has 1 heterocycles. The van der Waals surface area contributed by atoms with Gasteiger partial charge in [0.1, 0.15) is 18.0 Å². The van der Waals surface area contributed by atoms with Gasteiger partial charge in [0, 0.05) is 19.0 Å². The standard InChI is InChI=1S/C23H27FN4O5/c1-13(29)21(25)22(31)27-10-15-3-5-16(6-4-15)19-8-7-17(9-20(19)24)28-12-18(33-23(28)32)11-26-14(2)30/h3-9,13,18,21,29H,10-12,25H2,1-2H3,(H,26,30)(H,27,31)/t13-,18-,21-/m0/s1. The zero-order valence-corrected chi connectivity index (χ0v) is 18.4. The molecule has 2 aromatic carbocycles. The normalized spacial score (nSPS) is 17.3. The minimum Gasteiger partial charge on any atom is -0.442 e. The van der Waals surface area contributed by atoms with Crippen molar-refractivity contribution in [3.05, 3.63) is 53.8 Å². The lowest BCUT2D eigenvalue weighted by molar-refractivity contribution is -0.124. The van der Waals surface area contributed by atoms with Gasteiger partial charge in [-0.05, 0) is 36.2 Å². The fourth-order valence-electron chi connectivity index (χ4n) is 3.33. The Bertz CT molecular complexity index is 1030. The molecule has 3 amide bonds. The largest absolute Gasteiger partial charge is 0.442 e. The Morgan fingerprint density at radius 2 is 1.94 bits per heavy atom. The average molecular weight is 458 g/mol. The molecule has 0 bridgehead atoms. The molecule has 0 aromatic heterocycles. The van der Waals surface area contributed by atoms with E-state index in [1.807, 2.05) is 0 Å². The van der Waals surface area contributed by atoms with E-state index in [9.17, 15) is 23.9 Å². The topological polar surface area (TPSA) is 134 Å². The van der Waals surface area contributed by atoms with Crippen molar-refractivity contribution in [3.8, 4) is 11.1 Å². The molecule has 5 N–H and O–H groups in total. The maximum absolute atomic E-state index is 14.9. The maximum atomic E-state index is 14.9. The van der Waals surface area contributed by atoms with Gasteiger partial charge in [0.15, 0.2) is 0 Å². The van der Waals surface area contributed by atoms with Crippen molar-refractivity contribution in [3.63, 3.8) is 0 Å². The third-order valence-corrected chi connectivity index (χ3v) is 5.27. The zero-order valence-electron chi connectivity index (χ0n) is 18.4. The molecule has 33 heavy (non-hydrogen) atoms. The molecule has 0 spiro atoms. The highest BCUT2D eigenvalue weighted by molar-refractivity contribution is 5.90. The molecular formula is C23H27FN4O5. The van der Waals surface area contributed by atoms with Gasteiger partial charge in [-0.15, -0.1) is 0 Å². The highest BCUT2D eigenvalue weighted by atomic mass is 19.1. The molecule has 3 rings (SSSR count). The molecule has 1 saturated heterocycles. The van der Waals surface area contributed by atoms with Gasteiger partial charge < -0.3 is 26.2 Å². The summed E-state index contributed by atoms with van der Waals surface area (Å²) < 4.78 is 20.1. The molecule has 0 saturated carbocycles. The van der Waals surface area contributed by atoms with Crippen molar-refractivity contribution in [1.29, 1.82) is 0 Å².